The maximum Gasteiger partial charge on any atom is 0.253 e. The van der Waals surface area contributed by atoms with Crippen LogP contribution in [0.4, 0.5) is 11.4 Å². The van der Waals surface area contributed by atoms with Crippen molar-refractivity contribution in [2.75, 3.05) is 36.1 Å². The number of benzene rings is 2. The Labute approximate surface area is 177 Å². The molecule has 0 spiro atoms. The molecule has 2 aromatic carbocycles. The van der Waals surface area contributed by atoms with Crippen LogP contribution in [0.1, 0.15) is 22.8 Å². The van der Waals surface area contributed by atoms with Crippen molar-refractivity contribution in [2.24, 2.45) is 0 Å². The van der Waals surface area contributed by atoms with E-state index < -0.39 is 22.0 Å². The zero-order valence-corrected chi connectivity index (χ0v) is 18.3. The fourth-order valence-electron chi connectivity index (χ4n) is 2.89. The number of sulfonamides is 1. The molecule has 0 aliphatic heterocycles. The van der Waals surface area contributed by atoms with E-state index in [9.17, 15) is 18.0 Å². The van der Waals surface area contributed by atoms with Crippen molar-refractivity contribution in [1.82, 2.24) is 5.32 Å². The maximum absolute atomic E-state index is 12.9. The van der Waals surface area contributed by atoms with Gasteiger partial charge in [-0.05, 0) is 38.1 Å². The average molecular weight is 434 g/mol. The van der Waals surface area contributed by atoms with Crippen LogP contribution < -0.4 is 14.9 Å². The minimum absolute atomic E-state index is 0.274. The van der Waals surface area contributed by atoms with Gasteiger partial charge in [-0.1, -0.05) is 29.8 Å². The van der Waals surface area contributed by atoms with Gasteiger partial charge in [-0.2, -0.15) is 0 Å². The summed E-state index contributed by atoms with van der Waals surface area (Å²) >= 11 is 0. The second-order valence-electron chi connectivity index (χ2n) is 6.85. The van der Waals surface area contributed by atoms with Crippen molar-refractivity contribution in [1.29, 1.82) is 0 Å². The van der Waals surface area contributed by atoms with E-state index in [1.807, 2.05) is 6.92 Å². The van der Waals surface area contributed by atoms with Gasteiger partial charge < -0.3 is 15.4 Å². The largest absolute Gasteiger partial charge is 0.383 e. The normalized spacial score (nSPS) is 12.1. The van der Waals surface area contributed by atoms with Crippen LogP contribution in [0.3, 0.4) is 0 Å². The molecule has 8 nitrogen and oxygen atoms in total. The monoisotopic (exact) mass is 433 g/mol. The Kier molecular flexibility index (Phi) is 7.96. The van der Waals surface area contributed by atoms with Crippen LogP contribution in [0.25, 0.3) is 0 Å². The first-order valence-electron chi connectivity index (χ1n) is 9.38. The molecule has 2 aromatic rings. The fraction of sp³-hybridized carbons (Fsp3) is 0.333. The molecular weight excluding hydrogens is 406 g/mol. The molecule has 0 saturated heterocycles. The van der Waals surface area contributed by atoms with Gasteiger partial charge in [0.15, 0.2) is 0 Å². The summed E-state index contributed by atoms with van der Waals surface area (Å²) in [5, 5.41) is 5.38. The molecule has 0 fully saturated rings. The van der Waals surface area contributed by atoms with Gasteiger partial charge in [0.1, 0.15) is 6.04 Å². The Balaban J connectivity index is 2.25. The summed E-state index contributed by atoms with van der Waals surface area (Å²) in [6, 6.07) is 12.3. The van der Waals surface area contributed by atoms with Crippen molar-refractivity contribution in [2.45, 2.75) is 19.9 Å². The zero-order chi connectivity index (χ0) is 22.3. The summed E-state index contributed by atoms with van der Waals surface area (Å²) in [4.78, 5) is 25.3. The molecule has 1 atom stereocenters. The first-order valence-corrected chi connectivity index (χ1v) is 11.2. The molecule has 162 valence electrons. The summed E-state index contributed by atoms with van der Waals surface area (Å²) in [7, 11) is -2.20. The molecule has 0 bridgehead atoms. The minimum Gasteiger partial charge on any atom is -0.383 e. The highest BCUT2D eigenvalue weighted by Crippen LogP contribution is 2.23. The summed E-state index contributed by atoms with van der Waals surface area (Å²) in [5.41, 5.74) is 1.92. The number of para-hydroxylation sites is 1. The second kappa shape index (κ2) is 10.2. The van der Waals surface area contributed by atoms with Crippen molar-refractivity contribution >= 4 is 33.2 Å². The minimum atomic E-state index is -3.73. The Bertz CT molecular complexity index is 990. The van der Waals surface area contributed by atoms with E-state index in [1.165, 1.54) is 14.0 Å². The van der Waals surface area contributed by atoms with Crippen LogP contribution in [-0.2, 0) is 19.6 Å². The van der Waals surface area contributed by atoms with E-state index >= 15 is 0 Å². The van der Waals surface area contributed by atoms with Crippen LogP contribution >= 0.6 is 0 Å². The quantitative estimate of drug-likeness (QED) is 0.590. The van der Waals surface area contributed by atoms with Crippen LogP contribution in [0, 0.1) is 6.92 Å². The average Bonchev–Trinajstić information content (AvgIpc) is 2.69. The third-order valence-corrected chi connectivity index (χ3v) is 5.64. The molecule has 30 heavy (non-hydrogen) atoms. The highest BCUT2D eigenvalue weighted by Gasteiger charge is 2.29. The van der Waals surface area contributed by atoms with Gasteiger partial charge in [-0.3, -0.25) is 13.9 Å². The molecule has 0 radical (unpaired) electrons. The van der Waals surface area contributed by atoms with Crippen LogP contribution in [0.2, 0.25) is 0 Å². The number of carbonyl (C=O) groups excluding carboxylic acids is 2. The molecular formula is C21H27N3O5S. The molecule has 0 aliphatic rings. The number of nitrogens with one attached hydrogen (secondary N) is 2. The highest BCUT2D eigenvalue weighted by atomic mass is 32.2. The standard InChI is InChI=1S/C21H27N3O5S/c1-15-9-11-17(12-10-15)24(30(4,27)28)16(2)20(25)23-19-8-6-5-7-18(19)21(26)22-13-14-29-3/h5-12,16H,13-14H2,1-4H3,(H,22,26)(H,23,25). The Hall–Kier alpha value is -2.91. The molecule has 2 N–H and O–H groups in total. The number of carbonyl (C=O) groups is 2. The number of rotatable bonds is 9. The Morgan fingerprint density at radius 3 is 2.33 bits per heavy atom. The van der Waals surface area contributed by atoms with Gasteiger partial charge in [-0.25, -0.2) is 8.42 Å². The number of hydrogen-bond acceptors (Lipinski definition) is 5. The zero-order valence-electron chi connectivity index (χ0n) is 17.5. The smallest absolute Gasteiger partial charge is 0.253 e. The molecule has 0 aromatic heterocycles. The summed E-state index contributed by atoms with van der Waals surface area (Å²) in [5.74, 6) is -0.924. The summed E-state index contributed by atoms with van der Waals surface area (Å²) < 4.78 is 30.8. The fourth-order valence-corrected chi connectivity index (χ4v) is 4.06. The predicted octanol–water partition coefficient (Wildman–Crippen LogP) is 2.16. The summed E-state index contributed by atoms with van der Waals surface area (Å²) in [6.45, 7) is 4.07. The first kappa shape index (κ1) is 23.4. The Morgan fingerprint density at radius 1 is 1.10 bits per heavy atom. The third-order valence-electron chi connectivity index (χ3n) is 4.40. The SMILES string of the molecule is COCCNC(=O)c1ccccc1NC(=O)C(C)N(c1ccc(C)cc1)S(C)(=O)=O. The van der Waals surface area contributed by atoms with Gasteiger partial charge >= 0.3 is 0 Å². The predicted molar refractivity (Wildman–Crippen MR) is 117 cm³/mol. The number of anilines is 2. The van der Waals surface area contributed by atoms with E-state index in [2.05, 4.69) is 10.6 Å². The highest BCUT2D eigenvalue weighted by molar-refractivity contribution is 7.92. The topological polar surface area (TPSA) is 105 Å². The van der Waals surface area contributed by atoms with Crippen LogP contribution in [0.5, 0.6) is 0 Å². The van der Waals surface area contributed by atoms with Crippen LogP contribution in [0.15, 0.2) is 48.5 Å². The van der Waals surface area contributed by atoms with E-state index in [0.717, 1.165) is 16.1 Å². The molecule has 2 amide bonds. The number of amides is 2. The van der Waals surface area contributed by atoms with Crippen molar-refractivity contribution in [3.05, 3.63) is 59.7 Å². The van der Waals surface area contributed by atoms with E-state index in [0.29, 0.717) is 24.5 Å². The number of ether oxygens (including phenoxy) is 1. The van der Waals surface area contributed by atoms with Gasteiger partial charge in [0.25, 0.3) is 5.91 Å². The lowest BCUT2D eigenvalue weighted by Crippen LogP contribution is -2.45. The molecule has 0 saturated carbocycles. The molecule has 9 heteroatoms. The first-order chi connectivity index (χ1) is 14.1. The number of methoxy groups -OCH3 is 1. The Morgan fingerprint density at radius 2 is 1.73 bits per heavy atom. The summed E-state index contributed by atoms with van der Waals surface area (Å²) in [6.07, 6.45) is 1.05. The number of hydrogen-bond donors (Lipinski definition) is 2. The third kappa shape index (κ3) is 6.04. The molecule has 0 aliphatic carbocycles. The van der Waals surface area contributed by atoms with Crippen molar-refractivity contribution in [3.63, 3.8) is 0 Å². The lowest BCUT2D eigenvalue weighted by atomic mass is 10.1. The van der Waals surface area contributed by atoms with Gasteiger partial charge in [0.05, 0.1) is 29.8 Å². The van der Waals surface area contributed by atoms with Crippen molar-refractivity contribution in [3.8, 4) is 0 Å². The van der Waals surface area contributed by atoms with E-state index in [-0.39, 0.29) is 11.5 Å². The molecule has 2 rings (SSSR count). The lowest BCUT2D eigenvalue weighted by molar-refractivity contribution is -0.116. The van der Waals surface area contributed by atoms with Crippen molar-refractivity contribution < 1.29 is 22.7 Å². The van der Waals surface area contributed by atoms with Gasteiger partial charge in [-0.15, -0.1) is 0 Å². The maximum atomic E-state index is 12.9. The second-order valence-corrected chi connectivity index (χ2v) is 8.71. The molecule has 1 unspecified atom stereocenters. The van der Waals surface area contributed by atoms with E-state index in [1.54, 1.807) is 48.5 Å². The van der Waals surface area contributed by atoms with Crippen LogP contribution in [-0.4, -0.2) is 52.8 Å². The van der Waals surface area contributed by atoms with E-state index in [4.69, 9.17) is 4.74 Å². The number of nitrogens with zero attached hydrogens (tertiary/aromatic N) is 1. The van der Waals surface area contributed by atoms with Gasteiger partial charge in [0.2, 0.25) is 15.9 Å². The lowest BCUT2D eigenvalue weighted by Gasteiger charge is -2.28. The van der Waals surface area contributed by atoms with Gasteiger partial charge in [0, 0.05) is 13.7 Å². The number of aryl methyl sites for hydroxylation is 1. The molecule has 0 heterocycles.